The van der Waals surface area contributed by atoms with E-state index in [-0.39, 0.29) is 12.1 Å². The molecule has 9 heteroatoms. The molecule has 39 heavy (non-hydrogen) atoms. The van der Waals surface area contributed by atoms with Gasteiger partial charge in [0.05, 0.1) is 29.7 Å². The van der Waals surface area contributed by atoms with E-state index in [1.165, 1.54) is 7.11 Å². The zero-order chi connectivity index (χ0) is 27.4. The number of benzene rings is 2. The zero-order valence-electron chi connectivity index (χ0n) is 22.5. The van der Waals surface area contributed by atoms with Gasteiger partial charge in [-0.15, -0.1) is 0 Å². The van der Waals surface area contributed by atoms with Gasteiger partial charge in [0.2, 0.25) is 0 Å². The summed E-state index contributed by atoms with van der Waals surface area (Å²) in [6.07, 6.45) is 4.85. The summed E-state index contributed by atoms with van der Waals surface area (Å²) in [5, 5.41) is 22.6. The first-order chi connectivity index (χ1) is 18.8. The van der Waals surface area contributed by atoms with Crippen LogP contribution in [-0.2, 0) is 23.0 Å². The third-order valence-electron chi connectivity index (χ3n) is 8.68. The van der Waals surface area contributed by atoms with Crippen LogP contribution in [0.5, 0.6) is 0 Å². The smallest absolute Gasteiger partial charge is 0.414 e. The van der Waals surface area contributed by atoms with Crippen molar-refractivity contribution in [2.24, 2.45) is 13.0 Å². The molecular formula is C30H34N4O5. The summed E-state index contributed by atoms with van der Waals surface area (Å²) in [5.41, 5.74) is 5.14. The number of amides is 1. The van der Waals surface area contributed by atoms with E-state index in [0.717, 1.165) is 64.4 Å². The van der Waals surface area contributed by atoms with Gasteiger partial charge in [-0.3, -0.25) is 9.69 Å². The highest BCUT2D eigenvalue weighted by molar-refractivity contribution is 5.95. The van der Waals surface area contributed by atoms with Gasteiger partial charge in [0.1, 0.15) is 11.9 Å². The molecule has 6 rings (SSSR count). The second kappa shape index (κ2) is 9.72. The second-order valence-corrected chi connectivity index (χ2v) is 11.0. The van der Waals surface area contributed by atoms with E-state index in [2.05, 4.69) is 4.57 Å². The van der Waals surface area contributed by atoms with E-state index in [4.69, 9.17) is 9.72 Å². The van der Waals surface area contributed by atoms with Gasteiger partial charge in [0.15, 0.2) is 0 Å². The first kappa shape index (κ1) is 25.4. The number of methoxy groups -OCH3 is 1. The number of nitrogens with zero attached hydrogens (tertiary/aromatic N) is 4. The number of aliphatic hydroxyl groups is 1. The Morgan fingerprint density at radius 1 is 1.10 bits per heavy atom. The lowest BCUT2D eigenvalue weighted by atomic mass is 9.85. The fourth-order valence-corrected chi connectivity index (χ4v) is 6.61. The highest BCUT2D eigenvalue weighted by Gasteiger charge is 2.35. The topological polar surface area (TPSA) is 110 Å². The molecule has 1 saturated carbocycles. The number of fused-ring (bicyclic) bond motifs is 4. The summed E-state index contributed by atoms with van der Waals surface area (Å²) >= 11 is 0. The molecule has 4 aromatic rings. The molecule has 0 bridgehead atoms. The van der Waals surface area contributed by atoms with Crippen molar-refractivity contribution in [2.45, 2.75) is 63.6 Å². The fraction of sp³-hybridized carbons (Fsp3) is 0.433. The first-order valence-electron chi connectivity index (χ1n) is 13.6. The van der Waals surface area contributed by atoms with Gasteiger partial charge in [-0.05, 0) is 80.3 Å². The summed E-state index contributed by atoms with van der Waals surface area (Å²) in [4.78, 5) is 31.3. The number of carbonyl (C=O) groups excluding carboxylic acids is 1. The minimum atomic E-state index is -0.998. The first-order valence-corrected chi connectivity index (χ1v) is 13.6. The van der Waals surface area contributed by atoms with E-state index < -0.39 is 24.1 Å². The van der Waals surface area contributed by atoms with Gasteiger partial charge >= 0.3 is 12.1 Å². The number of aromatic nitrogens is 3. The van der Waals surface area contributed by atoms with Crippen molar-refractivity contribution < 1.29 is 24.5 Å². The van der Waals surface area contributed by atoms with Crippen LogP contribution in [0.4, 0.5) is 10.5 Å². The third-order valence-corrected chi connectivity index (χ3v) is 8.68. The van der Waals surface area contributed by atoms with Crippen molar-refractivity contribution in [2.75, 3.05) is 12.0 Å². The average molecular weight is 531 g/mol. The number of carboxylic acids is 1. The molecule has 1 aliphatic heterocycles. The Bertz CT molecular complexity index is 1590. The predicted molar refractivity (Wildman–Crippen MR) is 148 cm³/mol. The number of ether oxygens (including phenoxy) is 1. The van der Waals surface area contributed by atoms with Crippen LogP contribution in [-0.4, -0.2) is 49.5 Å². The Morgan fingerprint density at radius 2 is 1.90 bits per heavy atom. The van der Waals surface area contributed by atoms with Gasteiger partial charge in [0, 0.05) is 36.4 Å². The Hall–Kier alpha value is -3.85. The Kier molecular flexibility index (Phi) is 6.33. The molecule has 204 valence electrons. The van der Waals surface area contributed by atoms with Crippen LogP contribution in [0, 0.1) is 5.92 Å². The van der Waals surface area contributed by atoms with Gasteiger partial charge < -0.3 is 24.1 Å². The number of aliphatic carboxylic acids is 1. The van der Waals surface area contributed by atoms with E-state index in [9.17, 15) is 19.8 Å². The molecule has 2 aliphatic rings. The van der Waals surface area contributed by atoms with E-state index in [1.54, 1.807) is 4.90 Å². The molecule has 3 unspecified atom stereocenters. The highest BCUT2D eigenvalue weighted by Crippen LogP contribution is 2.42. The SMILES string of the molecule is COC(=O)N1c2ccc3c(nc(C(O)c4ccc5c(ccn5C)c4)n3C3CCCC(C(=O)O)C3)c2CC[C@@H]1C. The summed E-state index contributed by atoms with van der Waals surface area (Å²) in [6, 6.07) is 11.7. The van der Waals surface area contributed by atoms with Gasteiger partial charge in [-0.2, -0.15) is 0 Å². The molecule has 9 nitrogen and oxygen atoms in total. The number of rotatable bonds is 4. The van der Waals surface area contributed by atoms with Gasteiger partial charge in [0.25, 0.3) is 0 Å². The van der Waals surface area contributed by atoms with E-state index in [0.29, 0.717) is 18.7 Å². The molecule has 1 fully saturated rings. The molecule has 3 heterocycles. The largest absolute Gasteiger partial charge is 0.481 e. The third kappa shape index (κ3) is 4.16. The monoisotopic (exact) mass is 530 g/mol. The molecule has 1 amide bonds. The van der Waals surface area contributed by atoms with Crippen LogP contribution in [0.1, 0.15) is 68.1 Å². The van der Waals surface area contributed by atoms with Crippen molar-refractivity contribution in [3.63, 3.8) is 0 Å². The number of anilines is 1. The molecule has 0 spiro atoms. The second-order valence-electron chi connectivity index (χ2n) is 11.0. The highest BCUT2D eigenvalue weighted by atomic mass is 16.5. The van der Waals surface area contributed by atoms with E-state index >= 15 is 0 Å². The quantitative estimate of drug-likeness (QED) is 0.369. The lowest BCUT2D eigenvalue weighted by Gasteiger charge is -2.34. The van der Waals surface area contributed by atoms with Crippen LogP contribution in [0.15, 0.2) is 42.6 Å². The summed E-state index contributed by atoms with van der Waals surface area (Å²) in [5.74, 6) is -0.700. The molecule has 0 saturated heterocycles. The molecule has 1 aliphatic carbocycles. The van der Waals surface area contributed by atoms with Crippen LogP contribution in [0.2, 0.25) is 0 Å². The van der Waals surface area contributed by atoms with Crippen LogP contribution in [0.25, 0.3) is 21.9 Å². The predicted octanol–water partition coefficient (Wildman–Crippen LogP) is 5.33. The zero-order valence-corrected chi connectivity index (χ0v) is 22.5. The van der Waals surface area contributed by atoms with Crippen LogP contribution >= 0.6 is 0 Å². The molecule has 2 aromatic heterocycles. The Balaban J connectivity index is 1.53. The van der Waals surface area contributed by atoms with Crippen LogP contribution in [0.3, 0.4) is 0 Å². The lowest BCUT2D eigenvalue weighted by Crippen LogP contribution is -2.42. The summed E-state index contributed by atoms with van der Waals surface area (Å²) in [6.45, 7) is 2.01. The molecule has 4 atom stereocenters. The number of carboxylic acid groups (broad SMARTS) is 1. The average Bonchev–Trinajstić information content (AvgIpc) is 3.52. The lowest BCUT2D eigenvalue weighted by molar-refractivity contribution is -0.143. The standard InChI is InChI=1S/C30H34N4O5/c1-17-7-9-22-24(33(17)30(38)39-3)11-12-25-26(22)31-28(34(25)21-6-4-5-20(16-21)29(36)37)27(35)19-8-10-23-18(15-19)13-14-32(23)2/h8,10-15,17,20-21,27,35H,4-7,9,16H2,1-3H3,(H,36,37)/t17-,20?,21?,27?/m0/s1. The molecular weight excluding hydrogens is 496 g/mol. The van der Waals surface area contributed by atoms with E-state index in [1.807, 2.05) is 61.1 Å². The van der Waals surface area contributed by atoms with Crippen molar-refractivity contribution in [3.05, 3.63) is 59.5 Å². The Morgan fingerprint density at radius 3 is 2.67 bits per heavy atom. The maximum Gasteiger partial charge on any atom is 0.414 e. The number of hydrogen-bond acceptors (Lipinski definition) is 5. The molecule has 2 N–H and O–H groups in total. The Labute approximate surface area is 226 Å². The maximum atomic E-state index is 12.7. The van der Waals surface area contributed by atoms with Gasteiger partial charge in [-0.1, -0.05) is 12.5 Å². The minimum absolute atomic E-state index is 0.0122. The van der Waals surface area contributed by atoms with Crippen molar-refractivity contribution in [1.29, 1.82) is 0 Å². The van der Waals surface area contributed by atoms with Crippen LogP contribution < -0.4 is 4.90 Å². The van der Waals surface area contributed by atoms with Crippen molar-refractivity contribution >= 4 is 39.7 Å². The van der Waals surface area contributed by atoms with Crippen molar-refractivity contribution in [1.82, 2.24) is 14.1 Å². The summed E-state index contributed by atoms with van der Waals surface area (Å²) in [7, 11) is 3.37. The van der Waals surface area contributed by atoms with Crippen molar-refractivity contribution in [3.8, 4) is 0 Å². The fourth-order valence-electron chi connectivity index (χ4n) is 6.61. The maximum absolute atomic E-state index is 12.7. The molecule has 2 aromatic carbocycles. The number of imidazole rings is 1. The number of aliphatic hydroxyl groups excluding tert-OH is 1. The number of aryl methyl sites for hydroxylation is 2. The minimum Gasteiger partial charge on any atom is -0.481 e. The van der Waals surface area contributed by atoms with Gasteiger partial charge in [-0.25, -0.2) is 9.78 Å². The normalized spacial score (nSPS) is 22.2. The number of hydrogen-bond donors (Lipinski definition) is 2. The number of carbonyl (C=O) groups is 2. The molecule has 0 radical (unpaired) electrons. The summed E-state index contributed by atoms with van der Waals surface area (Å²) < 4.78 is 9.20.